The summed E-state index contributed by atoms with van der Waals surface area (Å²) in [5.41, 5.74) is 0.962. The van der Waals surface area contributed by atoms with Gasteiger partial charge in [-0.3, -0.25) is 4.57 Å². The third kappa shape index (κ3) is 2.01. The van der Waals surface area contributed by atoms with Crippen LogP contribution in [0.2, 0.25) is 0 Å². The minimum absolute atomic E-state index is 0.248. The summed E-state index contributed by atoms with van der Waals surface area (Å²) in [6, 6.07) is 6.32. The Morgan fingerprint density at radius 3 is 2.83 bits per heavy atom. The van der Waals surface area contributed by atoms with E-state index in [1.54, 1.807) is 16.7 Å². The van der Waals surface area contributed by atoms with Crippen LogP contribution in [0.25, 0.3) is 0 Å². The van der Waals surface area contributed by atoms with Gasteiger partial charge in [-0.15, -0.1) is 10.2 Å². The van der Waals surface area contributed by atoms with Gasteiger partial charge >= 0.3 is 0 Å². The van der Waals surface area contributed by atoms with Crippen LogP contribution < -0.4 is 0 Å². The van der Waals surface area contributed by atoms with Crippen LogP contribution in [-0.2, 0) is 12.8 Å². The van der Waals surface area contributed by atoms with Crippen LogP contribution >= 0.6 is 0 Å². The molecule has 1 unspecified atom stereocenters. The van der Waals surface area contributed by atoms with Crippen LogP contribution in [0.15, 0.2) is 24.3 Å². The van der Waals surface area contributed by atoms with Gasteiger partial charge in [0.25, 0.3) is 0 Å². The van der Waals surface area contributed by atoms with Gasteiger partial charge in [-0.2, -0.15) is 0 Å². The van der Waals surface area contributed by atoms with Gasteiger partial charge in [0.2, 0.25) is 0 Å². The number of nitrogens with zero attached hydrogens (tertiary/aromatic N) is 3. The maximum Gasteiger partial charge on any atom is 0.139 e. The summed E-state index contributed by atoms with van der Waals surface area (Å²) >= 11 is 0. The first-order valence-electron chi connectivity index (χ1n) is 6.09. The fourth-order valence-corrected chi connectivity index (χ4v) is 2.35. The van der Waals surface area contributed by atoms with Crippen molar-refractivity contribution in [3.8, 4) is 0 Å². The minimum Gasteiger partial charge on any atom is -0.373 e. The summed E-state index contributed by atoms with van der Waals surface area (Å²) in [5, 5.41) is 18.2. The first kappa shape index (κ1) is 11.3. The predicted molar refractivity (Wildman–Crippen MR) is 63.4 cm³/mol. The monoisotopic (exact) mass is 247 g/mol. The van der Waals surface area contributed by atoms with E-state index in [0.717, 1.165) is 36.5 Å². The van der Waals surface area contributed by atoms with Crippen molar-refractivity contribution in [1.29, 1.82) is 0 Å². The van der Waals surface area contributed by atoms with Gasteiger partial charge in [0, 0.05) is 12.8 Å². The number of aryl methyl sites for hydroxylation is 1. The van der Waals surface area contributed by atoms with Crippen LogP contribution in [0, 0.1) is 5.82 Å². The van der Waals surface area contributed by atoms with Crippen molar-refractivity contribution in [3.63, 3.8) is 0 Å². The van der Waals surface area contributed by atoms with Crippen LogP contribution in [0.5, 0.6) is 0 Å². The largest absolute Gasteiger partial charge is 0.373 e. The highest BCUT2D eigenvalue weighted by Crippen LogP contribution is 2.24. The molecule has 5 heteroatoms. The van der Waals surface area contributed by atoms with E-state index in [9.17, 15) is 9.50 Å². The van der Waals surface area contributed by atoms with Crippen LogP contribution in [0.4, 0.5) is 4.39 Å². The SMILES string of the molecule is OC1CCCc2nnc(Cc3ccc(F)cc3)n21. The van der Waals surface area contributed by atoms with Crippen molar-refractivity contribution < 1.29 is 9.50 Å². The number of fused-ring (bicyclic) bond motifs is 1. The molecular weight excluding hydrogens is 233 g/mol. The van der Waals surface area contributed by atoms with E-state index in [-0.39, 0.29) is 5.82 Å². The van der Waals surface area contributed by atoms with Gasteiger partial charge in [0.1, 0.15) is 23.7 Å². The molecule has 1 atom stereocenters. The van der Waals surface area contributed by atoms with Gasteiger partial charge in [-0.25, -0.2) is 4.39 Å². The van der Waals surface area contributed by atoms with Gasteiger partial charge in [0.15, 0.2) is 0 Å². The normalized spacial score (nSPS) is 18.7. The molecule has 18 heavy (non-hydrogen) atoms. The van der Waals surface area contributed by atoms with Crippen molar-refractivity contribution in [3.05, 3.63) is 47.3 Å². The molecule has 1 aromatic heterocycles. The van der Waals surface area contributed by atoms with E-state index >= 15 is 0 Å². The second-order valence-electron chi connectivity index (χ2n) is 4.58. The molecule has 0 amide bonds. The average Bonchev–Trinajstić information content (AvgIpc) is 2.77. The Bertz CT molecular complexity index is 550. The Labute approximate surface area is 104 Å². The molecule has 4 nitrogen and oxygen atoms in total. The Kier molecular flexibility index (Phi) is 2.83. The molecule has 1 N–H and O–H groups in total. The topological polar surface area (TPSA) is 50.9 Å². The van der Waals surface area contributed by atoms with Crippen molar-refractivity contribution in [2.75, 3.05) is 0 Å². The summed E-state index contributed by atoms with van der Waals surface area (Å²) in [6.45, 7) is 0. The van der Waals surface area contributed by atoms with Gasteiger partial charge < -0.3 is 5.11 Å². The molecule has 0 saturated heterocycles. The zero-order valence-corrected chi connectivity index (χ0v) is 9.88. The molecule has 1 aromatic carbocycles. The number of halogens is 1. The van der Waals surface area contributed by atoms with Gasteiger partial charge in [-0.05, 0) is 30.5 Å². The van der Waals surface area contributed by atoms with Gasteiger partial charge in [-0.1, -0.05) is 12.1 Å². The average molecular weight is 247 g/mol. The second kappa shape index (κ2) is 4.49. The maximum atomic E-state index is 12.8. The number of rotatable bonds is 2. The highest BCUT2D eigenvalue weighted by Gasteiger charge is 2.22. The predicted octanol–water partition coefficient (Wildman–Crippen LogP) is 1.84. The summed E-state index contributed by atoms with van der Waals surface area (Å²) < 4.78 is 14.6. The van der Waals surface area contributed by atoms with E-state index < -0.39 is 6.23 Å². The van der Waals surface area contributed by atoms with Crippen LogP contribution in [0.1, 0.15) is 36.3 Å². The van der Waals surface area contributed by atoms with E-state index in [1.807, 2.05) is 0 Å². The molecule has 0 aliphatic carbocycles. The molecule has 2 heterocycles. The number of hydrogen-bond acceptors (Lipinski definition) is 3. The molecule has 1 aliphatic heterocycles. The number of aliphatic hydroxyl groups excluding tert-OH is 1. The molecule has 2 aromatic rings. The Morgan fingerprint density at radius 2 is 2.06 bits per heavy atom. The maximum absolute atomic E-state index is 12.8. The molecule has 0 saturated carbocycles. The lowest BCUT2D eigenvalue weighted by molar-refractivity contribution is 0.0753. The highest BCUT2D eigenvalue weighted by molar-refractivity contribution is 5.20. The Hall–Kier alpha value is -1.75. The summed E-state index contributed by atoms with van der Waals surface area (Å²) in [4.78, 5) is 0. The molecule has 0 fully saturated rings. The first-order valence-corrected chi connectivity index (χ1v) is 6.09. The molecule has 3 rings (SSSR count). The summed E-state index contributed by atoms with van der Waals surface area (Å²) in [6.07, 6.45) is 2.56. The van der Waals surface area contributed by atoms with E-state index in [2.05, 4.69) is 10.2 Å². The fraction of sp³-hybridized carbons (Fsp3) is 0.385. The minimum atomic E-state index is -0.529. The Balaban J connectivity index is 1.89. The van der Waals surface area contributed by atoms with Crippen LogP contribution in [0.3, 0.4) is 0 Å². The molecule has 0 radical (unpaired) electrons. The first-order chi connectivity index (χ1) is 8.74. The van der Waals surface area contributed by atoms with E-state index in [0.29, 0.717) is 6.42 Å². The summed E-state index contributed by atoms with van der Waals surface area (Å²) in [5.74, 6) is 1.33. The van der Waals surface area contributed by atoms with Gasteiger partial charge in [0.05, 0.1) is 0 Å². The third-order valence-corrected chi connectivity index (χ3v) is 3.27. The smallest absolute Gasteiger partial charge is 0.139 e. The Morgan fingerprint density at radius 1 is 1.28 bits per heavy atom. The molecule has 1 aliphatic rings. The van der Waals surface area contributed by atoms with Crippen molar-refractivity contribution in [2.24, 2.45) is 0 Å². The van der Waals surface area contributed by atoms with Crippen molar-refractivity contribution in [2.45, 2.75) is 31.9 Å². The van der Waals surface area contributed by atoms with Crippen molar-refractivity contribution >= 4 is 0 Å². The van der Waals surface area contributed by atoms with E-state index in [4.69, 9.17) is 0 Å². The molecule has 0 spiro atoms. The molecular formula is C13H14FN3O. The number of benzene rings is 1. The molecule has 94 valence electrons. The quantitative estimate of drug-likeness (QED) is 0.881. The standard InChI is InChI=1S/C13H14FN3O/c14-10-6-4-9(5-7-10)8-12-16-15-11-2-1-3-13(18)17(11)12/h4-7,13,18H,1-3,8H2. The zero-order valence-electron chi connectivity index (χ0n) is 9.88. The number of aromatic nitrogens is 3. The third-order valence-electron chi connectivity index (χ3n) is 3.27. The lowest BCUT2D eigenvalue weighted by Crippen LogP contribution is -2.19. The lowest BCUT2D eigenvalue weighted by Gasteiger charge is -2.21. The summed E-state index contributed by atoms with van der Waals surface area (Å²) in [7, 11) is 0. The lowest BCUT2D eigenvalue weighted by atomic mass is 10.1. The second-order valence-corrected chi connectivity index (χ2v) is 4.58. The zero-order chi connectivity index (χ0) is 12.5. The van der Waals surface area contributed by atoms with Crippen molar-refractivity contribution in [1.82, 2.24) is 14.8 Å². The number of aliphatic hydroxyl groups is 1. The highest BCUT2D eigenvalue weighted by atomic mass is 19.1. The van der Waals surface area contributed by atoms with E-state index in [1.165, 1.54) is 12.1 Å². The fourth-order valence-electron chi connectivity index (χ4n) is 2.35. The van der Waals surface area contributed by atoms with Crippen LogP contribution in [-0.4, -0.2) is 19.9 Å². The number of hydrogen-bond donors (Lipinski definition) is 1. The molecule has 0 bridgehead atoms.